The Kier molecular flexibility index (Phi) is 7.24. The zero-order valence-corrected chi connectivity index (χ0v) is 20.0. The number of amides is 3. The normalized spacial score (nSPS) is 19.5. The average Bonchev–Trinajstić information content (AvgIpc) is 2.96. The molecule has 2 heterocycles. The molecular formula is C20H27N3O10S. The number of nitrogens with one attached hydrogen (secondary N) is 1. The number of benzene rings is 1. The maximum atomic E-state index is 12.8. The quantitative estimate of drug-likeness (QED) is 0.305. The van der Waals surface area contributed by atoms with E-state index in [1.54, 1.807) is 39.8 Å². The molecule has 0 radical (unpaired) electrons. The van der Waals surface area contributed by atoms with Gasteiger partial charge in [-0.15, -0.1) is 4.28 Å². The lowest BCUT2D eigenvalue weighted by Gasteiger charge is -2.31. The third-order valence-corrected chi connectivity index (χ3v) is 5.18. The van der Waals surface area contributed by atoms with Crippen molar-refractivity contribution in [3.8, 4) is 5.75 Å². The van der Waals surface area contributed by atoms with Gasteiger partial charge in [0.2, 0.25) is 0 Å². The minimum Gasteiger partial charge on any atom is -0.492 e. The Labute approximate surface area is 196 Å². The summed E-state index contributed by atoms with van der Waals surface area (Å²) < 4.78 is 52.1. The second-order valence-electron chi connectivity index (χ2n) is 8.50. The van der Waals surface area contributed by atoms with Crippen LogP contribution in [-0.2, 0) is 29.0 Å². The van der Waals surface area contributed by atoms with Crippen molar-refractivity contribution in [3.63, 3.8) is 0 Å². The molecule has 1 fully saturated rings. The monoisotopic (exact) mass is 501 g/mol. The van der Waals surface area contributed by atoms with E-state index >= 15 is 0 Å². The van der Waals surface area contributed by atoms with Gasteiger partial charge in [0, 0.05) is 0 Å². The minimum atomic E-state index is -5.00. The summed E-state index contributed by atoms with van der Waals surface area (Å²) in [5.41, 5.74) is 0.159. The third kappa shape index (κ3) is 5.87. The van der Waals surface area contributed by atoms with Gasteiger partial charge in [0.15, 0.2) is 6.04 Å². The summed E-state index contributed by atoms with van der Waals surface area (Å²) in [5.74, 6) is -0.355. The molecule has 2 aliphatic heterocycles. The number of carbonyl (C=O) groups excluding carboxylic acids is 3. The van der Waals surface area contributed by atoms with E-state index in [1.807, 2.05) is 0 Å². The Morgan fingerprint density at radius 2 is 1.94 bits per heavy atom. The summed E-state index contributed by atoms with van der Waals surface area (Å²) >= 11 is 0. The molecule has 3 rings (SSSR count). The predicted molar refractivity (Wildman–Crippen MR) is 115 cm³/mol. The van der Waals surface area contributed by atoms with Crippen LogP contribution in [0.2, 0.25) is 0 Å². The SMILES string of the molecule is CCOC(=O)C1c2ccc(OCCNC(=O)OC(C)(C)C)cc2[C@H]2CN1C(=O)N2OS(=O)(=O)O. The van der Waals surface area contributed by atoms with Crippen molar-refractivity contribution in [2.24, 2.45) is 0 Å². The van der Waals surface area contributed by atoms with E-state index in [9.17, 15) is 22.8 Å². The molecule has 0 saturated carbocycles. The summed E-state index contributed by atoms with van der Waals surface area (Å²) in [6.07, 6.45) is -0.596. The molecule has 1 unspecified atom stereocenters. The number of fused-ring (bicyclic) bond motifs is 4. The molecule has 2 aliphatic rings. The van der Waals surface area contributed by atoms with Crippen LogP contribution in [0.15, 0.2) is 18.2 Å². The lowest BCUT2D eigenvalue weighted by Crippen LogP contribution is -2.39. The number of hydrogen-bond acceptors (Lipinski definition) is 9. The maximum Gasteiger partial charge on any atom is 0.418 e. The molecule has 13 nitrogen and oxygen atoms in total. The van der Waals surface area contributed by atoms with E-state index in [4.69, 9.17) is 18.8 Å². The highest BCUT2D eigenvalue weighted by atomic mass is 32.3. The number of esters is 1. The zero-order chi connectivity index (χ0) is 25.3. The second kappa shape index (κ2) is 9.64. The van der Waals surface area contributed by atoms with Gasteiger partial charge in [-0.3, -0.25) is 4.55 Å². The van der Waals surface area contributed by atoms with Crippen LogP contribution in [-0.4, -0.2) is 72.9 Å². The van der Waals surface area contributed by atoms with Crippen LogP contribution < -0.4 is 10.1 Å². The number of hydrogen-bond donors (Lipinski definition) is 2. The van der Waals surface area contributed by atoms with Crippen LogP contribution in [0.4, 0.5) is 9.59 Å². The van der Waals surface area contributed by atoms with Crippen LogP contribution >= 0.6 is 0 Å². The number of hydroxylamine groups is 2. The number of urea groups is 1. The highest BCUT2D eigenvalue weighted by Crippen LogP contribution is 2.45. The Balaban J connectivity index is 1.80. The van der Waals surface area contributed by atoms with Crippen molar-refractivity contribution in [2.75, 3.05) is 26.3 Å². The van der Waals surface area contributed by atoms with E-state index in [-0.39, 0.29) is 26.3 Å². The second-order valence-corrected chi connectivity index (χ2v) is 9.51. The maximum absolute atomic E-state index is 12.8. The minimum absolute atomic E-state index is 0.0749. The largest absolute Gasteiger partial charge is 0.492 e. The molecule has 1 saturated heterocycles. The molecule has 0 aliphatic carbocycles. The van der Waals surface area contributed by atoms with E-state index < -0.39 is 46.2 Å². The van der Waals surface area contributed by atoms with Crippen molar-refractivity contribution in [2.45, 2.75) is 45.4 Å². The van der Waals surface area contributed by atoms with Gasteiger partial charge in [-0.05, 0) is 51.0 Å². The topological polar surface area (TPSA) is 161 Å². The predicted octanol–water partition coefficient (Wildman–Crippen LogP) is 1.72. The van der Waals surface area contributed by atoms with Crippen LogP contribution in [0, 0.1) is 0 Å². The van der Waals surface area contributed by atoms with Crippen molar-refractivity contribution in [1.82, 2.24) is 15.3 Å². The first-order valence-corrected chi connectivity index (χ1v) is 11.8. The van der Waals surface area contributed by atoms with Crippen molar-refractivity contribution in [1.29, 1.82) is 0 Å². The molecule has 0 spiro atoms. The van der Waals surface area contributed by atoms with E-state index in [0.29, 0.717) is 21.9 Å². The first-order chi connectivity index (χ1) is 15.8. The van der Waals surface area contributed by atoms with Gasteiger partial charge in [0.1, 0.15) is 24.0 Å². The molecule has 0 aromatic heterocycles. The van der Waals surface area contributed by atoms with Crippen molar-refractivity contribution in [3.05, 3.63) is 29.3 Å². The lowest BCUT2D eigenvalue weighted by atomic mass is 9.91. The first kappa shape index (κ1) is 25.5. The highest BCUT2D eigenvalue weighted by Gasteiger charge is 2.52. The van der Waals surface area contributed by atoms with E-state index in [1.165, 1.54) is 6.07 Å². The fraction of sp³-hybridized carbons (Fsp3) is 0.550. The molecule has 1 aromatic carbocycles. The number of alkyl carbamates (subject to hydrolysis) is 1. The van der Waals surface area contributed by atoms with Crippen LogP contribution in [0.25, 0.3) is 0 Å². The third-order valence-electron chi connectivity index (χ3n) is 4.83. The average molecular weight is 502 g/mol. The molecule has 1 aromatic rings. The van der Waals surface area contributed by atoms with Gasteiger partial charge in [-0.25, -0.2) is 14.4 Å². The van der Waals surface area contributed by atoms with E-state index in [2.05, 4.69) is 9.60 Å². The lowest BCUT2D eigenvalue weighted by molar-refractivity contribution is -0.148. The molecule has 2 bridgehead atoms. The number of rotatable bonds is 8. The number of nitrogens with zero attached hydrogens (tertiary/aromatic N) is 2. The summed E-state index contributed by atoms with van der Waals surface area (Å²) in [6, 6.07) is 1.70. The summed E-state index contributed by atoms with van der Waals surface area (Å²) in [6.45, 7) is 7.07. The van der Waals surface area contributed by atoms with Crippen LogP contribution in [0.1, 0.15) is 50.9 Å². The number of ether oxygens (including phenoxy) is 3. The zero-order valence-electron chi connectivity index (χ0n) is 19.1. The molecule has 14 heteroatoms. The Morgan fingerprint density at radius 1 is 1.24 bits per heavy atom. The summed E-state index contributed by atoms with van der Waals surface area (Å²) in [4.78, 5) is 38.2. The molecular weight excluding hydrogens is 474 g/mol. The number of carbonyl (C=O) groups is 3. The van der Waals surface area contributed by atoms with Crippen molar-refractivity contribution < 1.29 is 45.8 Å². The smallest absolute Gasteiger partial charge is 0.418 e. The van der Waals surface area contributed by atoms with Gasteiger partial charge in [0.05, 0.1) is 19.7 Å². The van der Waals surface area contributed by atoms with Crippen LogP contribution in [0.3, 0.4) is 0 Å². The van der Waals surface area contributed by atoms with Gasteiger partial charge in [-0.1, -0.05) is 6.07 Å². The molecule has 3 amide bonds. The summed E-state index contributed by atoms with van der Waals surface area (Å²) in [7, 11) is -5.00. The van der Waals surface area contributed by atoms with Gasteiger partial charge >= 0.3 is 28.5 Å². The van der Waals surface area contributed by atoms with Gasteiger partial charge < -0.3 is 24.4 Å². The Bertz CT molecular complexity index is 1070. The van der Waals surface area contributed by atoms with Gasteiger partial charge in [0.25, 0.3) is 0 Å². The molecule has 188 valence electrons. The van der Waals surface area contributed by atoms with Crippen LogP contribution in [0.5, 0.6) is 5.75 Å². The van der Waals surface area contributed by atoms with E-state index in [0.717, 1.165) is 4.90 Å². The highest BCUT2D eigenvalue weighted by molar-refractivity contribution is 7.80. The van der Waals surface area contributed by atoms with Crippen molar-refractivity contribution >= 4 is 28.5 Å². The molecule has 2 N–H and O–H groups in total. The summed E-state index contributed by atoms with van der Waals surface area (Å²) in [5, 5.41) is 3.05. The first-order valence-electron chi connectivity index (χ1n) is 10.5. The standard InChI is InChI=1S/C20H27N3O10S/c1-5-30-17(24)16-13-7-6-12(31-9-8-21-18(25)32-20(2,3)4)10-14(13)15-11-22(16)19(26)23(15)33-34(27,28)29/h6-7,10,15-16H,5,8-9,11H2,1-4H3,(H,21,25)(H,27,28,29)/t15-,16?/m1/s1. The fourth-order valence-electron chi connectivity index (χ4n) is 3.68. The fourth-order valence-corrected chi connectivity index (χ4v) is 4.05. The Hall–Kier alpha value is -3.10. The molecule has 2 atom stereocenters. The van der Waals surface area contributed by atoms with Gasteiger partial charge in [-0.2, -0.15) is 13.5 Å². The molecule has 34 heavy (non-hydrogen) atoms. The Morgan fingerprint density at radius 3 is 2.56 bits per heavy atom.